The molecule has 106 valence electrons. The number of benzene rings is 1. The summed E-state index contributed by atoms with van der Waals surface area (Å²) in [6, 6.07) is 4.56. The molecule has 6 heteroatoms. The minimum atomic E-state index is -0.460. The topological polar surface area (TPSA) is 83.7 Å². The standard InChI is InChI=1S/C14H17N3O3/c1-3-16(4-2)12(18)8-17-13(19)10-6-5-9(15)7-11(10)14(17)20/h5-7H,3-4,8,15H2,1-2H3. The molecule has 6 nitrogen and oxygen atoms in total. The fourth-order valence-electron chi connectivity index (χ4n) is 2.26. The third-order valence-electron chi connectivity index (χ3n) is 3.40. The fraction of sp³-hybridized carbons (Fsp3) is 0.357. The van der Waals surface area contributed by atoms with E-state index in [4.69, 9.17) is 5.73 Å². The lowest BCUT2D eigenvalue weighted by atomic mass is 10.1. The van der Waals surface area contributed by atoms with E-state index in [1.54, 1.807) is 11.0 Å². The summed E-state index contributed by atoms with van der Waals surface area (Å²) in [5.74, 6) is -1.14. The number of fused-ring (bicyclic) bond motifs is 1. The second-order valence-corrected chi connectivity index (χ2v) is 4.57. The predicted molar refractivity (Wildman–Crippen MR) is 74.1 cm³/mol. The second-order valence-electron chi connectivity index (χ2n) is 4.57. The minimum absolute atomic E-state index is 0.228. The molecule has 1 heterocycles. The number of carbonyl (C=O) groups excluding carboxylic acids is 3. The zero-order valence-electron chi connectivity index (χ0n) is 11.5. The fourth-order valence-corrected chi connectivity index (χ4v) is 2.26. The molecule has 2 rings (SSSR count). The van der Waals surface area contributed by atoms with Crippen molar-refractivity contribution < 1.29 is 14.4 Å². The van der Waals surface area contributed by atoms with Crippen molar-refractivity contribution >= 4 is 23.4 Å². The van der Waals surface area contributed by atoms with Gasteiger partial charge >= 0.3 is 0 Å². The SMILES string of the molecule is CCN(CC)C(=O)CN1C(=O)c2ccc(N)cc2C1=O. The van der Waals surface area contributed by atoms with E-state index in [9.17, 15) is 14.4 Å². The van der Waals surface area contributed by atoms with Gasteiger partial charge in [-0.25, -0.2) is 0 Å². The number of likely N-dealkylation sites (N-methyl/N-ethyl adjacent to an activating group) is 1. The molecule has 0 saturated heterocycles. The van der Waals surface area contributed by atoms with E-state index in [0.29, 0.717) is 24.3 Å². The number of anilines is 1. The lowest BCUT2D eigenvalue weighted by Crippen LogP contribution is -2.42. The van der Waals surface area contributed by atoms with Crippen molar-refractivity contribution in [1.29, 1.82) is 0 Å². The summed E-state index contributed by atoms with van der Waals surface area (Å²) < 4.78 is 0. The van der Waals surface area contributed by atoms with Crippen LogP contribution in [0, 0.1) is 0 Å². The Morgan fingerprint density at radius 1 is 1.15 bits per heavy atom. The van der Waals surface area contributed by atoms with Crippen molar-refractivity contribution in [2.24, 2.45) is 0 Å². The van der Waals surface area contributed by atoms with Crippen LogP contribution in [0.3, 0.4) is 0 Å². The molecule has 0 aliphatic carbocycles. The maximum absolute atomic E-state index is 12.2. The summed E-state index contributed by atoms with van der Waals surface area (Å²) in [7, 11) is 0. The zero-order valence-corrected chi connectivity index (χ0v) is 11.5. The Bertz CT molecular complexity index is 579. The maximum atomic E-state index is 12.2. The first-order valence-corrected chi connectivity index (χ1v) is 6.53. The molecule has 1 aromatic rings. The Balaban J connectivity index is 2.23. The highest BCUT2D eigenvalue weighted by molar-refractivity contribution is 6.22. The number of nitrogens with zero attached hydrogens (tertiary/aromatic N) is 2. The highest BCUT2D eigenvalue weighted by Crippen LogP contribution is 2.24. The number of amides is 3. The van der Waals surface area contributed by atoms with Gasteiger partial charge in [-0.05, 0) is 32.0 Å². The van der Waals surface area contributed by atoms with Crippen LogP contribution in [0.2, 0.25) is 0 Å². The maximum Gasteiger partial charge on any atom is 0.262 e. The van der Waals surface area contributed by atoms with E-state index in [-0.39, 0.29) is 18.0 Å². The summed E-state index contributed by atoms with van der Waals surface area (Å²) in [5.41, 5.74) is 6.61. The van der Waals surface area contributed by atoms with Crippen LogP contribution in [0.5, 0.6) is 0 Å². The summed E-state index contributed by atoms with van der Waals surface area (Å²) in [6.07, 6.45) is 0. The average Bonchev–Trinajstić information content (AvgIpc) is 2.65. The van der Waals surface area contributed by atoms with Crippen molar-refractivity contribution in [3.8, 4) is 0 Å². The highest BCUT2D eigenvalue weighted by atomic mass is 16.2. The molecule has 20 heavy (non-hydrogen) atoms. The normalized spacial score (nSPS) is 13.6. The second kappa shape index (κ2) is 5.32. The summed E-state index contributed by atoms with van der Waals surface area (Å²) in [5, 5.41) is 0. The molecule has 0 spiro atoms. The molecule has 0 radical (unpaired) electrons. The quantitative estimate of drug-likeness (QED) is 0.648. The van der Waals surface area contributed by atoms with Crippen LogP contribution in [-0.2, 0) is 4.79 Å². The van der Waals surface area contributed by atoms with Crippen LogP contribution in [0.1, 0.15) is 34.6 Å². The van der Waals surface area contributed by atoms with Gasteiger partial charge in [0.15, 0.2) is 0 Å². The minimum Gasteiger partial charge on any atom is -0.399 e. The molecule has 1 aromatic carbocycles. The molecule has 2 N–H and O–H groups in total. The summed E-state index contributed by atoms with van der Waals surface area (Å²) in [6.45, 7) is 4.57. The van der Waals surface area contributed by atoms with Crippen LogP contribution >= 0.6 is 0 Å². The highest BCUT2D eigenvalue weighted by Gasteiger charge is 2.37. The molecule has 1 aliphatic heterocycles. The van der Waals surface area contributed by atoms with Crippen molar-refractivity contribution in [3.63, 3.8) is 0 Å². The van der Waals surface area contributed by atoms with Crippen molar-refractivity contribution in [2.75, 3.05) is 25.4 Å². The van der Waals surface area contributed by atoms with Gasteiger partial charge in [0.05, 0.1) is 11.1 Å². The Labute approximate surface area is 117 Å². The number of nitrogen functional groups attached to an aromatic ring is 1. The predicted octanol–water partition coefficient (Wildman–Crippen LogP) is 0.733. The van der Waals surface area contributed by atoms with Gasteiger partial charge in [0, 0.05) is 18.8 Å². The third kappa shape index (κ3) is 2.24. The van der Waals surface area contributed by atoms with Gasteiger partial charge < -0.3 is 10.6 Å². The first kappa shape index (κ1) is 14.0. The van der Waals surface area contributed by atoms with E-state index in [1.807, 2.05) is 13.8 Å². The molecule has 3 amide bonds. The van der Waals surface area contributed by atoms with Crippen molar-refractivity contribution in [2.45, 2.75) is 13.8 Å². The van der Waals surface area contributed by atoms with Gasteiger partial charge in [-0.15, -0.1) is 0 Å². The van der Waals surface area contributed by atoms with Crippen LogP contribution < -0.4 is 5.73 Å². The number of rotatable bonds is 4. The van der Waals surface area contributed by atoms with Crippen LogP contribution in [0.15, 0.2) is 18.2 Å². The lowest BCUT2D eigenvalue weighted by molar-refractivity contribution is -0.131. The Morgan fingerprint density at radius 3 is 2.35 bits per heavy atom. The number of hydrogen-bond donors (Lipinski definition) is 1. The van der Waals surface area contributed by atoms with Crippen molar-refractivity contribution in [3.05, 3.63) is 29.3 Å². The van der Waals surface area contributed by atoms with Crippen LogP contribution in [0.4, 0.5) is 5.69 Å². The first-order chi connectivity index (χ1) is 9.49. The molecule has 0 fully saturated rings. The van der Waals surface area contributed by atoms with Gasteiger partial charge in [0.25, 0.3) is 11.8 Å². The molecule has 0 atom stereocenters. The monoisotopic (exact) mass is 275 g/mol. The molecule has 0 unspecified atom stereocenters. The molecular weight excluding hydrogens is 258 g/mol. The largest absolute Gasteiger partial charge is 0.399 e. The lowest BCUT2D eigenvalue weighted by Gasteiger charge is -2.21. The number of imide groups is 1. The van der Waals surface area contributed by atoms with E-state index in [2.05, 4.69) is 0 Å². The van der Waals surface area contributed by atoms with Crippen molar-refractivity contribution in [1.82, 2.24) is 9.80 Å². The molecular formula is C14H17N3O3. The molecule has 1 aliphatic rings. The van der Waals surface area contributed by atoms with Gasteiger partial charge in [0.1, 0.15) is 6.54 Å². The number of nitrogens with two attached hydrogens (primary N) is 1. The Hall–Kier alpha value is -2.37. The van der Waals surface area contributed by atoms with E-state index >= 15 is 0 Å². The summed E-state index contributed by atoms with van der Waals surface area (Å²) in [4.78, 5) is 38.9. The van der Waals surface area contributed by atoms with Gasteiger partial charge in [-0.1, -0.05) is 0 Å². The molecule has 0 saturated carbocycles. The Morgan fingerprint density at radius 2 is 1.75 bits per heavy atom. The number of carbonyl (C=O) groups is 3. The third-order valence-corrected chi connectivity index (χ3v) is 3.40. The average molecular weight is 275 g/mol. The van der Waals surface area contributed by atoms with Gasteiger partial charge in [-0.2, -0.15) is 0 Å². The van der Waals surface area contributed by atoms with Gasteiger partial charge in [0.2, 0.25) is 5.91 Å². The van der Waals surface area contributed by atoms with Crippen LogP contribution in [0.25, 0.3) is 0 Å². The first-order valence-electron chi connectivity index (χ1n) is 6.53. The Kier molecular flexibility index (Phi) is 3.74. The van der Waals surface area contributed by atoms with E-state index in [0.717, 1.165) is 4.90 Å². The number of hydrogen-bond acceptors (Lipinski definition) is 4. The van der Waals surface area contributed by atoms with E-state index in [1.165, 1.54) is 12.1 Å². The van der Waals surface area contributed by atoms with Gasteiger partial charge in [-0.3, -0.25) is 19.3 Å². The van der Waals surface area contributed by atoms with E-state index < -0.39 is 11.8 Å². The molecule has 0 bridgehead atoms. The summed E-state index contributed by atoms with van der Waals surface area (Å²) >= 11 is 0. The van der Waals surface area contributed by atoms with Crippen LogP contribution in [-0.4, -0.2) is 47.2 Å². The smallest absolute Gasteiger partial charge is 0.262 e. The zero-order chi connectivity index (χ0) is 14.9. The molecule has 0 aromatic heterocycles.